The molecule has 5 nitrogen and oxygen atoms in total. The lowest BCUT2D eigenvalue weighted by Crippen LogP contribution is -3.11. The van der Waals surface area contributed by atoms with Crippen LogP contribution in [0.1, 0.15) is 30.9 Å². The predicted molar refractivity (Wildman–Crippen MR) is 110 cm³/mol. The van der Waals surface area contributed by atoms with Crippen LogP contribution in [-0.4, -0.2) is 32.2 Å². The number of halogens is 2. The quantitative estimate of drug-likeness (QED) is 0.793. The molecule has 2 aliphatic heterocycles. The molecule has 148 valence electrons. The lowest BCUT2D eigenvalue weighted by Gasteiger charge is -2.22. The molecule has 0 aliphatic carbocycles. The van der Waals surface area contributed by atoms with E-state index in [9.17, 15) is 4.79 Å². The van der Waals surface area contributed by atoms with Gasteiger partial charge in [0.05, 0.1) is 35.5 Å². The van der Waals surface area contributed by atoms with E-state index < -0.39 is 0 Å². The molecule has 0 bridgehead atoms. The fraction of sp³-hybridized carbons (Fsp3) is 0.381. The molecule has 1 fully saturated rings. The van der Waals surface area contributed by atoms with E-state index in [-0.39, 0.29) is 11.9 Å². The van der Waals surface area contributed by atoms with Crippen LogP contribution in [-0.2, 0) is 4.79 Å². The second-order valence-electron chi connectivity index (χ2n) is 7.18. The Morgan fingerprint density at radius 1 is 1.07 bits per heavy atom. The molecule has 2 aliphatic rings. The van der Waals surface area contributed by atoms with Gasteiger partial charge >= 0.3 is 0 Å². The molecule has 1 amide bonds. The third-order valence-corrected chi connectivity index (χ3v) is 5.90. The summed E-state index contributed by atoms with van der Waals surface area (Å²) in [5.41, 5.74) is 1.65. The third-order valence-electron chi connectivity index (χ3n) is 5.27. The maximum Gasteiger partial charge on any atom is 0.279 e. The van der Waals surface area contributed by atoms with E-state index in [2.05, 4.69) is 17.4 Å². The summed E-state index contributed by atoms with van der Waals surface area (Å²) in [6, 6.07) is 11.6. The number of amides is 1. The predicted octanol–water partition coefficient (Wildman–Crippen LogP) is 3.51. The summed E-state index contributed by atoms with van der Waals surface area (Å²) in [6.45, 7) is 2.65. The van der Waals surface area contributed by atoms with Crippen molar-refractivity contribution < 1.29 is 19.2 Å². The zero-order chi connectivity index (χ0) is 19.5. The molecular formula is C21H23Cl2N2O3+. The zero-order valence-corrected chi connectivity index (χ0v) is 17.0. The summed E-state index contributed by atoms with van der Waals surface area (Å²) in [6.07, 6.45) is 3.00. The first kappa shape index (κ1) is 19.4. The minimum absolute atomic E-state index is 0.0914. The molecule has 1 saturated heterocycles. The first-order valence-electron chi connectivity index (χ1n) is 9.60. The number of carbonyl (C=O) groups is 1. The van der Waals surface area contributed by atoms with Gasteiger partial charge in [-0.2, -0.15) is 0 Å². The van der Waals surface area contributed by atoms with E-state index in [1.54, 1.807) is 18.2 Å². The Morgan fingerprint density at radius 2 is 1.82 bits per heavy atom. The maximum atomic E-state index is 12.6. The van der Waals surface area contributed by atoms with E-state index in [1.165, 1.54) is 10.5 Å². The first-order valence-corrected chi connectivity index (χ1v) is 10.4. The van der Waals surface area contributed by atoms with Crippen LogP contribution >= 0.6 is 23.2 Å². The summed E-state index contributed by atoms with van der Waals surface area (Å²) in [5.74, 6) is 1.51. The minimum atomic E-state index is -0.0914. The summed E-state index contributed by atoms with van der Waals surface area (Å²) in [5, 5.41) is 3.75. The summed E-state index contributed by atoms with van der Waals surface area (Å²) in [4.78, 5) is 13.9. The van der Waals surface area contributed by atoms with Crippen molar-refractivity contribution in [2.24, 2.45) is 0 Å². The van der Waals surface area contributed by atoms with Gasteiger partial charge in [0.25, 0.3) is 5.91 Å². The average Bonchev–Trinajstić information content (AvgIpc) is 3.00. The van der Waals surface area contributed by atoms with Gasteiger partial charge in [0.15, 0.2) is 18.0 Å². The van der Waals surface area contributed by atoms with Crippen LogP contribution in [0, 0.1) is 0 Å². The maximum absolute atomic E-state index is 12.6. The fourth-order valence-corrected chi connectivity index (χ4v) is 4.42. The van der Waals surface area contributed by atoms with Crippen LogP contribution in [0.25, 0.3) is 0 Å². The fourth-order valence-electron chi connectivity index (χ4n) is 3.93. The van der Waals surface area contributed by atoms with Crippen molar-refractivity contribution in [1.29, 1.82) is 0 Å². The smallest absolute Gasteiger partial charge is 0.279 e. The number of carbonyl (C=O) groups excluding carboxylic acids is 1. The lowest BCUT2D eigenvalue weighted by atomic mass is 10.0. The van der Waals surface area contributed by atoms with Crippen molar-refractivity contribution in [1.82, 2.24) is 0 Å². The normalized spacial score (nSPS) is 21.2. The first-order chi connectivity index (χ1) is 13.6. The van der Waals surface area contributed by atoms with Crippen molar-refractivity contribution in [2.45, 2.75) is 25.3 Å². The monoisotopic (exact) mass is 421 g/mol. The van der Waals surface area contributed by atoms with Crippen molar-refractivity contribution in [3.63, 3.8) is 0 Å². The molecule has 7 heteroatoms. The molecule has 2 aromatic carbocycles. The highest BCUT2D eigenvalue weighted by Gasteiger charge is 2.32. The van der Waals surface area contributed by atoms with E-state index in [0.717, 1.165) is 37.3 Å². The number of ether oxygens (including phenoxy) is 2. The molecule has 4 rings (SSSR count). The number of para-hydroxylation sites is 1. The Hall–Kier alpha value is -1.95. The summed E-state index contributed by atoms with van der Waals surface area (Å²) >= 11 is 12.3. The van der Waals surface area contributed by atoms with Crippen LogP contribution in [0.3, 0.4) is 0 Å². The number of rotatable bonds is 4. The van der Waals surface area contributed by atoms with Gasteiger partial charge in [-0.3, -0.25) is 4.79 Å². The van der Waals surface area contributed by atoms with Gasteiger partial charge in [0.1, 0.15) is 6.04 Å². The van der Waals surface area contributed by atoms with Gasteiger partial charge in [-0.1, -0.05) is 29.3 Å². The number of nitrogens with one attached hydrogen (secondary N) is 2. The third kappa shape index (κ3) is 4.22. The number of quaternary nitrogens is 1. The Kier molecular flexibility index (Phi) is 5.95. The van der Waals surface area contributed by atoms with Crippen LogP contribution < -0.4 is 19.7 Å². The van der Waals surface area contributed by atoms with Crippen LogP contribution in [0.5, 0.6) is 11.5 Å². The highest BCUT2D eigenvalue weighted by molar-refractivity contribution is 6.39. The van der Waals surface area contributed by atoms with Crippen molar-refractivity contribution in [2.75, 3.05) is 31.6 Å². The molecule has 0 aromatic heterocycles. The van der Waals surface area contributed by atoms with Crippen molar-refractivity contribution >= 4 is 34.8 Å². The molecule has 0 spiro atoms. The standard InChI is InChI=1S/C21H22Cl2N2O3/c22-15-4-1-5-16(23)21(15)24-20(26)13-25-9-2-6-17(25)14-7-8-18-19(12-14)28-11-3-10-27-18/h1,4-5,7-8,12,17H,2-3,6,9-11,13H2,(H,24,26)/p+1/t17-/m1/s1. The number of anilines is 1. The molecule has 2 aromatic rings. The van der Waals surface area contributed by atoms with Crippen LogP contribution in [0.2, 0.25) is 10.0 Å². The van der Waals surface area contributed by atoms with E-state index in [4.69, 9.17) is 32.7 Å². The van der Waals surface area contributed by atoms with E-state index in [0.29, 0.717) is 35.5 Å². The molecule has 1 unspecified atom stereocenters. The van der Waals surface area contributed by atoms with Gasteiger partial charge in [0, 0.05) is 24.8 Å². The van der Waals surface area contributed by atoms with Gasteiger partial charge in [-0.15, -0.1) is 0 Å². The highest BCUT2D eigenvalue weighted by atomic mass is 35.5. The number of benzene rings is 2. The van der Waals surface area contributed by atoms with Gasteiger partial charge < -0.3 is 19.7 Å². The van der Waals surface area contributed by atoms with Crippen LogP contribution in [0.4, 0.5) is 5.69 Å². The number of likely N-dealkylation sites (tertiary alicyclic amines) is 1. The van der Waals surface area contributed by atoms with E-state index >= 15 is 0 Å². The Bertz CT molecular complexity index is 854. The van der Waals surface area contributed by atoms with Gasteiger partial charge in [0.2, 0.25) is 0 Å². The SMILES string of the molecule is O=C(C[NH+]1CCC[C@@H]1c1ccc2c(c1)OCCCO2)Nc1c(Cl)cccc1Cl. The Labute approximate surface area is 174 Å². The minimum Gasteiger partial charge on any atom is -0.490 e. The van der Waals surface area contributed by atoms with Crippen molar-refractivity contribution in [3.8, 4) is 11.5 Å². The van der Waals surface area contributed by atoms with Gasteiger partial charge in [-0.05, 0) is 30.3 Å². The topological polar surface area (TPSA) is 52.0 Å². The van der Waals surface area contributed by atoms with E-state index in [1.807, 2.05) is 6.07 Å². The average molecular weight is 422 g/mol. The Balaban J connectivity index is 1.46. The summed E-state index contributed by atoms with van der Waals surface area (Å²) < 4.78 is 11.6. The number of hydrogen-bond donors (Lipinski definition) is 2. The molecular weight excluding hydrogens is 399 g/mol. The second-order valence-corrected chi connectivity index (χ2v) is 8.00. The molecule has 2 atom stereocenters. The van der Waals surface area contributed by atoms with Crippen LogP contribution in [0.15, 0.2) is 36.4 Å². The number of fused-ring (bicyclic) bond motifs is 1. The second kappa shape index (κ2) is 8.60. The molecule has 28 heavy (non-hydrogen) atoms. The number of hydrogen-bond acceptors (Lipinski definition) is 3. The highest BCUT2D eigenvalue weighted by Crippen LogP contribution is 2.33. The molecule has 0 saturated carbocycles. The lowest BCUT2D eigenvalue weighted by molar-refractivity contribution is -0.910. The molecule has 0 radical (unpaired) electrons. The van der Waals surface area contributed by atoms with Crippen molar-refractivity contribution in [3.05, 3.63) is 52.0 Å². The Morgan fingerprint density at radius 3 is 2.61 bits per heavy atom. The van der Waals surface area contributed by atoms with Gasteiger partial charge in [-0.25, -0.2) is 0 Å². The largest absolute Gasteiger partial charge is 0.490 e. The zero-order valence-electron chi connectivity index (χ0n) is 15.5. The summed E-state index contributed by atoms with van der Waals surface area (Å²) in [7, 11) is 0. The molecule has 2 heterocycles. The molecule has 2 N–H and O–H groups in total.